The van der Waals surface area contributed by atoms with Crippen LogP contribution in [-0.4, -0.2) is 85.2 Å². The Kier molecular flexibility index (Phi) is 5.15. The van der Waals surface area contributed by atoms with E-state index < -0.39 is 18.8 Å². The van der Waals surface area contributed by atoms with Gasteiger partial charge < -0.3 is 15.1 Å². The van der Waals surface area contributed by atoms with Crippen LogP contribution in [0.1, 0.15) is 12.8 Å². The molecule has 2 rings (SSSR count). The maximum absolute atomic E-state index is 12.3. The predicted molar refractivity (Wildman–Crippen MR) is 73.3 cm³/mol. The van der Waals surface area contributed by atoms with Gasteiger partial charge in [0.05, 0.1) is 6.54 Å². The summed E-state index contributed by atoms with van der Waals surface area (Å²) in [7, 11) is 1.14. The van der Waals surface area contributed by atoms with Crippen molar-refractivity contribution in [2.75, 3.05) is 46.3 Å². The van der Waals surface area contributed by atoms with Gasteiger partial charge in [0.25, 0.3) is 0 Å². The summed E-state index contributed by atoms with van der Waals surface area (Å²) >= 11 is 0. The van der Waals surface area contributed by atoms with Crippen LogP contribution in [0, 0.1) is 0 Å². The normalized spacial score (nSPS) is 19.9. The molecule has 0 unspecified atom stereocenters. The number of alkyl halides is 3. The van der Waals surface area contributed by atoms with E-state index in [0.29, 0.717) is 37.1 Å². The van der Waals surface area contributed by atoms with Crippen LogP contribution in [0.4, 0.5) is 18.0 Å². The van der Waals surface area contributed by atoms with Gasteiger partial charge in [-0.25, -0.2) is 4.79 Å². The topological polar surface area (TPSA) is 55.9 Å². The number of urea groups is 1. The molecule has 0 atom stereocenters. The molecule has 1 N–H and O–H groups in total. The zero-order valence-corrected chi connectivity index (χ0v) is 12.5. The van der Waals surface area contributed by atoms with Crippen LogP contribution in [0.25, 0.3) is 0 Å². The molecule has 0 aromatic carbocycles. The number of hydrogen-bond donors (Lipinski definition) is 1. The Balaban J connectivity index is 1.71. The van der Waals surface area contributed by atoms with Crippen molar-refractivity contribution in [1.29, 1.82) is 0 Å². The number of amides is 3. The molecule has 0 aromatic rings. The van der Waals surface area contributed by atoms with Crippen molar-refractivity contribution < 1.29 is 22.8 Å². The van der Waals surface area contributed by atoms with Crippen LogP contribution < -0.4 is 5.32 Å². The van der Waals surface area contributed by atoms with E-state index in [1.807, 2.05) is 4.90 Å². The molecule has 1 saturated carbocycles. The van der Waals surface area contributed by atoms with Gasteiger partial charge in [0.2, 0.25) is 5.91 Å². The summed E-state index contributed by atoms with van der Waals surface area (Å²) in [5.41, 5.74) is 0. The van der Waals surface area contributed by atoms with E-state index in [1.165, 1.54) is 4.90 Å². The lowest BCUT2D eigenvalue weighted by atomic mass is 10.3. The Bertz CT molecular complexity index is 418. The first-order valence-electron chi connectivity index (χ1n) is 7.33. The quantitative estimate of drug-likeness (QED) is 0.820. The molecule has 6 nitrogen and oxygen atoms in total. The predicted octanol–water partition coefficient (Wildman–Crippen LogP) is 0.497. The van der Waals surface area contributed by atoms with Gasteiger partial charge in [0, 0.05) is 39.3 Å². The van der Waals surface area contributed by atoms with Crippen LogP contribution in [-0.2, 0) is 4.79 Å². The number of nitrogens with one attached hydrogen (secondary N) is 1. The van der Waals surface area contributed by atoms with Crippen LogP contribution in [0.3, 0.4) is 0 Å². The Labute approximate surface area is 127 Å². The molecular formula is C13H21F3N4O2. The zero-order valence-electron chi connectivity index (χ0n) is 12.5. The van der Waals surface area contributed by atoms with Gasteiger partial charge in [0.15, 0.2) is 0 Å². The molecule has 0 spiro atoms. The highest BCUT2D eigenvalue weighted by Crippen LogP contribution is 2.19. The first-order valence-corrected chi connectivity index (χ1v) is 7.33. The lowest BCUT2D eigenvalue weighted by molar-refractivity contribution is -0.139. The third-order valence-electron chi connectivity index (χ3n) is 3.70. The fourth-order valence-corrected chi connectivity index (χ4v) is 2.38. The summed E-state index contributed by atoms with van der Waals surface area (Å²) in [5, 5.41) is 2.88. The second-order valence-electron chi connectivity index (χ2n) is 5.86. The molecule has 2 fully saturated rings. The number of carbonyl (C=O) groups is 2. The van der Waals surface area contributed by atoms with Crippen molar-refractivity contribution in [1.82, 2.24) is 20.0 Å². The second kappa shape index (κ2) is 6.72. The molecule has 0 bridgehead atoms. The Morgan fingerprint density at radius 3 is 2.27 bits per heavy atom. The van der Waals surface area contributed by atoms with E-state index in [2.05, 4.69) is 5.32 Å². The summed E-state index contributed by atoms with van der Waals surface area (Å²) in [5.74, 6) is -0.0310. The molecule has 1 aliphatic heterocycles. The van der Waals surface area contributed by atoms with Crippen molar-refractivity contribution in [3.05, 3.63) is 0 Å². The third kappa shape index (κ3) is 5.36. The molecule has 1 saturated heterocycles. The lowest BCUT2D eigenvalue weighted by Crippen LogP contribution is -2.54. The summed E-state index contributed by atoms with van der Waals surface area (Å²) in [6.45, 7) is 0.662. The van der Waals surface area contributed by atoms with Crippen LogP contribution in [0.2, 0.25) is 0 Å². The van der Waals surface area contributed by atoms with E-state index in [9.17, 15) is 22.8 Å². The third-order valence-corrected chi connectivity index (χ3v) is 3.70. The summed E-state index contributed by atoms with van der Waals surface area (Å²) < 4.78 is 36.8. The first kappa shape index (κ1) is 16.9. The minimum absolute atomic E-state index is 0.0310. The minimum atomic E-state index is -4.40. The monoisotopic (exact) mass is 322 g/mol. The minimum Gasteiger partial charge on any atom is -0.352 e. The van der Waals surface area contributed by atoms with Crippen molar-refractivity contribution in [3.8, 4) is 0 Å². The second-order valence-corrected chi connectivity index (χ2v) is 5.86. The van der Waals surface area contributed by atoms with E-state index >= 15 is 0 Å². The standard InChI is InChI=1S/C13H21F3N4O2/c1-18(9-13(14,15)16)12(22)20-6-4-19(5-7-20)8-11(21)17-10-2-3-10/h10H,2-9H2,1H3,(H,17,21). The molecule has 22 heavy (non-hydrogen) atoms. The van der Waals surface area contributed by atoms with Crippen molar-refractivity contribution in [2.24, 2.45) is 0 Å². The molecule has 0 radical (unpaired) electrons. The average molecular weight is 322 g/mol. The number of hydrogen-bond acceptors (Lipinski definition) is 3. The van der Waals surface area contributed by atoms with Crippen molar-refractivity contribution in [3.63, 3.8) is 0 Å². The summed E-state index contributed by atoms with van der Waals surface area (Å²) in [6.07, 6.45) is -2.34. The average Bonchev–Trinajstić information content (AvgIpc) is 3.20. The fraction of sp³-hybridized carbons (Fsp3) is 0.846. The van der Waals surface area contributed by atoms with Gasteiger partial charge in [-0.1, -0.05) is 0 Å². The molecule has 1 heterocycles. The van der Waals surface area contributed by atoms with Crippen molar-refractivity contribution >= 4 is 11.9 Å². The van der Waals surface area contributed by atoms with E-state index in [-0.39, 0.29) is 12.5 Å². The smallest absolute Gasteiger partial charge is 0.352 e. The maximum Gasteiger partial charge on any atom is 0.406 e. The molecule has 0 aromatic heterocycles. The summed E-state index contributed by atoms with van der Waals surface area (Å²) in [6, 6.07) is -0.314. The van der Waals surface area contributed by atoms with Gasteiger partial charge in [-0.3, -0.25) is 9.69 Å². The van der Waals surface area contributed by atoms with E-state index in [1.54, 1.807) is 0 Å². The SMILES string of the molecule is CN(CC(F)(F)F)C(=O)N1CCN(CC(=O)NC2CC2)CC1. The number of halogens is 3. The van der Waals surface area contributed by atoms with Crippen LogP contribution >= 0.6 is 0 Å². The Morgan fingerprint density at radius 1 is 1.18 bits per heavy atom. The number of carbonyl (C=O) groups excluding carboxylic acids is 2. The maximum atomic E-state index is 12.3. The molecule has 3 amide bonds. The summed E-state index contributed by atoms with van der Waals surface area (Å²) in [4.78, 5) is 27.6. The Hall–Kier alpha value is -1.51. The molecule has 9 heteroatoms. The molecular weight excluding hydrogens is 301 g/mol. The van der Waals surface area contributed by atoms with Crippen LogP contribution in [0.15, 0.2) is 0 Å². The highest BCUT2D eigenvalue weighted by molar-refractivity contribution is 5.78. The van der Waals surface area contributed by atoms with Gasteiger partial charge in [-0.15, -0.1) is 0 Å². The van der Waals surface area contributed by atoms with Crippen LogP contribution in [0.5, 0.6) is 0 Å². The van der Waals surface area contributed by atoms with E-state index in [4.69, 9.17) is 0 Å². The lowest BCUT2D eigenvalue weighted by Gasteiger charge is -2.36. The molecule has 126 valence electrons. The fourth-order valence-electron chi connectivity index (χ4n) is 2.38. The number of piperazine rings is 1. The van der Waals surface area contributed by atoms with Gasteiger partial charge >= 0.3 is 12.2 Å². The number of rotatable bonds is 4. The highest BCUT2D eigenvalue weighted by atomic mass is 19.4. The Morgan fingerprint density at radius 2 is 1.77 bits per heavy atom. The van der Waals surface area contributed by atoms with Gasteiger partial charge in [-0.05, 0) is 12.8 Å². The van der Waals surface area contributed by atoms with E-state index in [0.717, 1.165) is 19.9 Å². The molecule has 1 aliphatic carbocycles. The number of nitrogens with zero attached hydrogens (tertiary/aromatic N) is 3. The zero-order chi connectivity index (χ0) is 16.3. The first-order chi connectivity index (χ1) is 10.2. The van der Waals surface area contributed by atoms with Crippen molar-refractivity contribution in [2.45, 2.75) is 25.1 Å². The highest BCUT2D eigenvalue weighted by Gasteiger charge is 2.33. The largest absolute Gasteiger partial charge is 0.406 e. The van der Waals surface area contributed by atoms with Gasteiger partial charge in [-0.2, -0.15) is 13.2 Å². The van der Waals surface area contributed by atoms with Gasteiger partial charge in [0.1, 0.15) is 6.54 Å². The molecule has 2 aliphatic rings.